The van der Waals surface area contributed by atoms with Gasteiger partial charge >= 0.3 is 0 Å². The Kier molecular flexibility index (Phi) is 3.60. The Labute approximate surface area is 141 Å². The van der Waals surface area contributed by atoms with Gasteiger partial charge in [0, 0.05) is 20.0 Å². The number of rotatable bonds is 2. The molecule has 0 spiro atoms. The number of hydrogen-bond acceptors (Lipinski definition) is 2. The molecule has 0 saturated carbocycles. The largest absolute Gasteiger partial charge is 0.342 e. The lowest BCUT2D eigenvalue weighted by Crippen LogP contribution is -2.61. The SMILES string of the molecule is CN1C[C@@H]2c3ccccc3CC(=O)N2[C@@H](Cc2ccccc2)C1=O. The van der Waals surface area contributed by atoms with Gasteiger partial charge in [0.25, 0.3) is 0 Å². The van der Waals surface area contributed by atoms with Crippen molar-refractivity contribution in [3.8, 4) is 0 Å². The molecule has 122 valence electrons. The van der Waals surface area contributed by atoms with Gasteiger partial charge in [0.15, 0.2) is 0 Å². The summed E-state index contributed by atoms with van der Waals surface area (Å²) in [6.45, 7) is 0.562. The van der Waals surface area contributed by atoms with Gasteiger partial charge in [-0.3, -0.25) is 9.59 Å². The normalized spacial score (nSPS) is 23.0. The molecule has 0 unspecified atom stereocenters. The number of carbonyl (C=O) groups excluding carboxylic acids is 2. The van der Waals surface area contributed by atoms with E-state index >= 15 is 0 Å². The van der Waals surface area contributed by atoms with Crippen molar-refractivity contribution in [2.75, 3.05) is 13.6 Å². The maximum atomic E-state index is 12.8. The summed E-state index contributed by atoms with van der Waals surface area (Å²) in [5.74, 6) is 0.0870. The average Bonchev–Trinajstić information content (AvgIpc) is 2.60. The summed E-state index contributed by atoms with van der Waals surface area (Å²) < 4.78 is 0. The average molecular weight is 320 g/mol. The smallest absolute Gasteiger partial charge is 0.245 e. The minimum atomic E-state index is -0.419. The van der Waals surface area contributed by atoms with Crippen molar-refractivity contribution in [1.29, 1.82) is 0 Å². The molecule has 0 radical (unpaired) electrons. The highest BCUT2D eigenvalue weighted by atomic mass is 16.2. The number of carbonyl (C=O) groups is 2. The molecule has 2 heterocycles. The van der Waals surface area contributed by atoms with Crippen LogP contribution in [0.3, 0.4) is 0 Å². The van der Waals surface area contributed by atoms with Gasteiger partial charge in [-0.25, -0.2) is 0 Å². The van der Waals surface area contributed by atoms with E-state index in [-0.39, 0.29) is 17.9 Å². The standard InChI is InChI=1S/C20H20N2O2/c1-21-13-18-16-10-6-5-9-15(16)12-19(23)22(18)17(20(21)24)11-14-7-3-2-4-8-14/h2-10,17-18H,11-13H2,1H3/t17-,18+/m0/s1. The number of fused-ring (bicyclic) bond motifs is 3. The lowest BCUT2D eigenvalue weighted by atomic mass is 9.87. The van der Waals surface area contributed by atoms with Gasteiger partial charge in [-0.2, -0.15) is 0 Å². The number of piperazine rings is 1. The van der Waals surface area contributed by atoms with Crippen molar-refractivity contribution >= 4 is 11.8 Å². The third-order valence-corrected chi connectivity index (χ3v) is 5.10. The van der Waals surface area contributed by atoms with Gasteiger partial charge < -0.3 is 9.80 Å². The highest BCUT2D eigenvalue weighted by Crippen LogP contribution is 2.36. The summed E-state index contributed by atoms with van der Waals surface area (Å²) >= 11 is 0. The quantitative estimate of drug-likeness (QED) is 0.851. The van der Waals surface area contributed by atoms with E-state index in [9.17, 15) is 9.59 Å². The highest BCUT2D eigenvalue weighted by Gasteiger charge is 2.45. The first kappa shape index (κ1) is 14.9. The van der Waals surface area contributed by atoms with E-state index in [1.807, 2.05) is 60.5 Å². The van der Waals surface area contributed by atoms with Crippen LogP contribution in [0, 0.1) is 0 Å². The Morgan fingerprint density at radius 1 is 1.00 bits per heavy atom. The van der Waals surface area contributed by atoms with Gasteiger partial charge in [0.1, 0.15) is 6.04 Å². The Bertz CT molecular complexity index is 787. The molecule has 2 aliphatic heterocycles. The van der Waals surface area contributed by atoms with Gasteiger partial charge in [-0.05, 0) is 16.7 Å². The predicted octanol–water partition coefficient (Wildman–Crippen LogP) is 2.20. The van der Waals surface area contributed by atoms with Crippen LogP contribution in [0.5, 0.6) is 0 Å². The molecule has 2 aliphatic rings. The van der Waals surface area contributed by atoms with E-state index in [1.165, 1.54) is 5.56 Å². The second kappa shape index (κ2) is 5.78. The van der Waals surface area contributed by atoms with Crippen LogP contribution >= 0.6 is 0 Å². The molecule has 4 rings (SSSR count). The molecule has 0 bridgehead atoms. The van der Waals surface area contributed by atoms with E-state index in [2.05, 4.69) is 6.07 Å². The molecule has 0 aromatic heterocycles. The summed E-state index contributed by atoms with van der Waals surface area (Å²) in [4.78, 5) is 29.2. The second-order valence-corrected chi connectivity index (χ2v) is 6.62. The summed E-state index contributed by atoms with van der Waals surface area (Å²) in [6, 6.07) is 17.6. The van der Waals surface area contributed by atoms with Crippen LogP contribution in [0.25, 0.3) is 0 Å². The summed E-state index contributed by atoms with van der Waals surface area (Å²) in [6.07, 6.45) is 0.948. The number of benzene rings is 2. The molecular formula is C20H20N2O2. The summed E-state index contributed by atoms with van der Waals surface area (Å²) in [5, 5.41) is 0. The van der Waals surface area contributed by atoms with E-state index in [0.29, 0.717) is 19.4 Å². The zero-order valence-corrected chi connectivity index (χ0v) is 13.7. The molecule has 0 N–H and O–H groups in total. The lowest BCUT2D eigenvalue weighted by molar-refractivity contribution is -0.155. The minimum absolute atomic E-state index is 0.0304. The zero-order valence-electron chi connectivity index (χ0n) is 13.7. The van der Waals surface area contributed by atoms with Crippen LogP contribution in [-0.2, 0) is 22.4 Å². The maximum Gasteiger partial charge on any atom is 0.245 e. The van der Waals surface area contributed by atoms with Crippen molar-refractivity contribution < 1.29 is 9.59 Å². The predicted molar refractivity (Wildman–Crippen MR) is 91.3 cm³/mol. The van der Waals surface area contributed by atoms with E-state index in [4.69, 9.17) is 0 Å². The van der Waals surface area contributed by atoms with Crippen molar-refractivity contribution in [2.24, 2.45) is 0 Å². The third-order valence-electron chi connectivity index (χ3n) is 5.10. The fraction of sp³-hybridized carbons (Fsp3) is 0.300. The van der Waals surface area contributed by atoms with Crippen LogP contribution < -0.4 is 0 Å². The molecule has 1 fully saturated rings. The number of amides is 2. The highest BCUT2D eigenvalue weighted by molar-refractivity contribution is 5.91. The number of hydrogen-bond donors (Lipinski definition) is 0. The van der Waals surface area contributed by atoms with Crippen molar-refractivity contribution in [1.82, 2.24) is 9.80 Å². The van der Waals surface area contributed by atoms with Crippen molar-refractivity contribution in [3.05, 3.63) is 71.3 Å². The van der Waals surface area contributed by atoms with E-state index in [0.717, 1.165) is 11.1 Å². The second-order valence-electron chi connectivity index (χ2n) is 6.62. The topological polar surface area (TPSA) is 40.6 Å². The third kappa shape index (κ3) is 2.39. The minimum Gasteiger partial charge on any atom is -0.342 e. The van der Waals surface area contributed by atoms with Gasteiger partial charge in [-0.15, -0.1) is 0 Å². The van der Waals surface area contributed by atoms with Crippen LogP contribution in [0.15, 0.2) is 54.6 Å². The molecule has 0 aliphatic carbocycles. The molecule has 2 amide bonds. The summed E-state index contributed by atoms with van der Waals surface area (Å²) in [7, 11) is 1.83. The fourth-order valence-electron chi connectivity index (χ4n) is 3.92. The molecule has 2 aromatic carbocycles. The van der Waals surface area contributed by atoms with Gasteiger partial charge in [-0.1, -0.05) is 54.6 Å². The van der Waals surface area contributed by atoms with Gasteiger partial charge in [0.05, 0.1) is 12.5 Å². The number of likely N-dealkylation sites (N-methyl/N-ethyl adjacent to an activating group) is 1. The van der Waals surface area contributed by atoms with Crippen LogP contribution in [0.2, 0.25) is 0 Å². The first-order valence-electron chi connectivity index (χ1n) is 8.33. The molecule has 24 heavy (non-hydrogen) atoms. The van der Waals surface area contributed by atoms with Gasteiger partial charge in [0.2, 0.25) is 11.8 Å². The zero-order chi connectivity index (χ0) is 16.7. The van der Waals surface area contributed by atoms with Crippen LogP contribution in [0.4, 0.5) is 0 Å². The van der Waals surface area contributed by atoms with Crippen molar-refractivity contribution in [2.45, 2.75) is 24.9 Å². The lowest BCUT2D eigenvalue weighted by Gasteiger charge is -2.48. The Hall–Kier alpha value is -2.62. The Morgan fingerprint density at radius 3 is 2.50 bits per heavy atom. The monoisotopic (exact) mass is 320 g/mol. The van der Waals surface area contributed by atoms with Crippen LogP contribution in [-0.4, -0.2) is 41.2 Å². The first-order valence-corrected chi connectivity index (χ1v) is 8.33. The van der Waals surface area contributed by atoms with E-state index < -0.39 is 6.04 Å². The molecule has 2 atom stereocenters. The molecule has 4 heteroatoms. The molecular weight excluding hydrogens is 300 g/mol. The fourth-order valence-corrected chi connectivity index (χ4v) is 3.92. The molecule has 4 nitrogen and oxygen atoms in total. The Balaban J connectivity index is 1.74. The van der Waals surface area contributed by atoms with E-state index in [1.54, 1.807) is 4.90 Å². The molecule has 1 saturated heterocycles. The van der Waals surface area contributed by atoms with Crippen molar-refractivity contribution in [3.63, 3.8) is 0 Å². The summed E-state index contributed by atoms with van der Waals surface area (Å²) in [5.41, 5.74) is 3.34. The molecule has 2 aromatic rings. The first-order chi connectivity index (χ1) is 11.6. The maximum absolute atomic E-state index is 12.8. The van der Waals surface area contributed by atoms with Crippen LogP contribution in [0.1, 0.15) is 22.7 Å². The Morgan fingerprint density at radius 2 is 1.71 bits per heavy atom. The number of nitrogens with zero attached hydrogens (tertiary/aromatic N) is 2.